The van der Waals surface area contributed by atoms with Gasteiger partial charge in [-0.05, 0) is 25.8 Å². The van der Waals surface area contributed by atoms with Gasteiger partial charge in [-0.3, -0.25) is 4.98 Å². The zero-order valence-corrected chi connectivity index (χ0v) is 11.2. The van der Waals surface area contributed by atoms with Crippen LogP contribution in [0.15, 0.2) is 12.4 Å². The van der Waals surface area contributed by atoms with Crippen LogP contribution in [0.3, 0.4) is 0 Å². The minimum Gasteiger partial charge on any atom is -0.300 e. The number of halogens is 1. The van der Waals surface area contributed by atoms with E-state index in [1.165, 1.54) is 38.6 Å². The van der Waals surface area contributed by atoms with Crippen molar-refractivity contribution in [1.29, 1.82) is 0 Å². The molecule has 1 aliphatic rings. The summed E-state index contributed by atoms with van der Waals surface area (Å²) in [5, 5.41) is 0.462. The second kappa shape index (κ2) is 6.31. The molecule has 0 N–H and O–H groups in total. The minimum atomic E-state index is 0.462. The molecule has 0 saturated heterocycles. The van der Waals surface area contributed by atoms with E-state index >= 15 is 0 Å². The monoisotopic (exact) mass is 253 g/mol. The van der Waals surface area contributed by atoms with Gasteiger partial charge in [-0.15, -0.1) is 0 Å². The van der Waals surface area contributed by atoms with E-state index in [1.807, 2.05) is 0 Å². The van der Waals surface area contributed by atoms with Crippen molar-refractivity contribution in [3.8, 4) is 0 Å². The van der Waals surface area contributed by atoms with Crippen LogP contribution in [-0.2, 0) is 6.54 Å². The van der Waals surface area contributed by atoms with Crippen molar-refractivity contribution >= 4 is 11.6 Å². The molecule has 1 saturated carbocycles. The molecule has 4 heteroatoms. The Morgan fingerprint density at radius 3 is 2.65 bits per heavy atom. The molecule has 94 valence electrons. The summed E-state index contributed by atoms with van der Waals surface area (Å²) in [7, 11) is 2.16. The largest absolute Gasteiger partial charge is 0.300 e. The average molecular weight is 254 g/mol. The summed E-state index contributed by atoms with van der Waals surface area (Å²) in [5.74, 6) is 0.869. The molecule has 0 radical (unpaired) electrons. The molecular weight excluding hydrogens is 234 g/mol. The van der Waals surface area contributed by atoms with E-state index in [9.17, 15) is 0 Å². The summed E-state index contributed by atoms with van der Waals surface area (Å²) < 4.78 is 0. The number of rotatable bonds is 4. The van der Waals surface area contributed by atoms with E-state index < -0.39 is 0 Å². The van der Waals surface area contributed by atoms with Gasteiger partial charge in [0.25, 0.3) is 0 Å². The van der Waals surface area contributed by atoms with Crippen LogP contribution in [0.5, 0.6) is 0 Å². The third-order valence-corrected chi connectivity index (χ3v) is 3.60. The van der Waals surface area contributed by atoms with Crippen LogP contribution in [0.4, 0.5) is 0 Å². The Hall–Kier alpha value is -0.670. The topological polar surface area (TPSA) is 29.0 Å². The maximum Gasteiger partial charge on any atom is 0.147 e. The first-order valence-electron chi connectivity index (χ1n) is 6.39. The minimum absolute atomic E-state index is 0.462. The van der Waals surface area contributed by atoms with Crippen molar-refractivity contribution < 1.29 is 0 Å². The van der Waals surface area contributed by atoms with Crippen molar-refractivity contribution in [3.05, 3.63) is 23.2 Å². The van der Waals surface area contributed by atoms with Crippen LogP contribution in [0, 0.1) is 5.92 Å². The molecule has 3 nitrogen and oxygen atoms in total. The molecule has 0 aromatic carbocycles. The Kier molecular flexibility index (Phi) is 4.75. The maximum atomic E-state index is 5.72. The van der Waals surface area contributed by atoms with Crippen molar-refractivity contribution in [2.45, 2.75) is 38.6 Å². The summed E-state index contributed by atoms with van der Waals surface area (Å²) in [6.07, 6.45) is 10.4. The van der Waals surface area contributed by atoms with Crippen LogP contribution < -0.4 is 0 Å². The van der Waals surface area contributed by atoms with E-state index in [0.29, 0.717) is 5.15 Å². The molecule has 17 heavy (non-hydrogen) atoms. The van der Waals surface area contributed by atoms with Gasteiger partial charge in [0.15, 0.2) is 0 Å². The van der Waals surface area contributed by atoms with E-state index in [0.717, 1.165) is 18.2 Å². The lowest BCUT2D eigenvalue weighted by molar-refractivity contribution is 0.226. The van der Waals surface area contributed by atoms with Crippen LogP contribution in [0.2, 0.25) is 5.15 Å². The number of hydrogen-bond acceptors (Lipinski definition) is 3. The highest BCUT2D eigenvalue weighted by Gasteiger charge is 2.15. The Bertz CT molecular complexity index is 333. The van der Waals surface area contributed by atoms with E-state index in [2.05, 4.69) is 21.9 Å². The smallest absolute Gasteiger partial charge is 0.147 e. The summed E-state index contributed by atoms with van der Waals surface area (Å²) in [6, 6.07) is 0. The zero-order valence-electron chi connectivity index (χ0n) is 10.4. The lowest BCUT2D eigenvalue weighted by atomic mass is 9.89. The van der Waals surface area contributed by atoms with Crippen LogP contribution in [0.1, 0.15) is 37.8 Å². The van der Waals surface area contributed by atoms with Gasteiger partial charge in [-0.1, -0.05) is 30.9 Å². The van der Waals surface area contributed by atoms with Gasteiger partial charge in [-0.2, -0.15) is 0 Å². The molecule has 0 unspecified atom stereocenters. The number of nitrogens with zero attached hydrogens (tertiary/aromatic N) is 3. The van der Waals surface area contributed by atoms with Gasteiger partial charge in [0.2, 0.25) is 0 Å². The van der Waals surface area contributed by atoms with Gasteiger partial charge in [0.1, 0.15) is 5.15 Å². The molecule has 0 atom stereocenters. The fourth-order valence-corrected chi connectivity index (χ4v) is 2.67. The molecule has 0 spiro atoms. The lowest BCUT2D eigenvalue weighted by Gasteiger charge is -2.26. The van der Waals surface area contributed by atoms with Crippen LogP contribution in [-0.4, -0.2) is 28.5 Å². The Balaban J connectivity index is 1.79. The molecule has 0 bridgehead atoms. The highest BCUT2D eigenvalue weighted by Crippen LogP contribution is 2.24. The van der Waals surface area contributed by atoms with Crippen molar-refractivity contribution in [2.75, 3.05) is 13.6 Å². The molecule has 1 aromatic rings. The van der Waals surface area contributed by atoms with E-state index in [4.69, 9.17) is 11.6 Å². The lowest BCUT2D eigenvalue weighted by Crippen LogP contribution is -2.27. The normalized spacial score (nSPS) is 17.6. The highest BCUT2D eigenvalue weighted by molar-refractivity contribution is 6.29. The molecule has 0 aliphatic heterocycles. The van der Waals surface area contributed by atoms with Crippen LogP contribution >= 0.6 is 11.6 Å². The molecule has 0 amide bonds. The quantitative estimate of drug-likeness (QED) is 0.826. The van der Waals surface area contributed by atoms with Gasteiger partial charge in [0, 0.05) is 13.1 Å². The zero-order chi connectivity index (χ0) is 12.1. The van der Waals surface area contributed by atoms with Crippen molar-refractivity contribution in [3.63, 3.8) is 0 Å². The van der Waals surface area contributed by atoms with E-state index in [1.54, 1.807) is 12.4 Å². The summed E-state index contributed by atoms with van der Waals surface area (Å²) in [6.45, 7) is 2.03. The molecule has 1 aromatic heterocycles. The molecule has 1 heterocycles. The predicted molar refractivity (Wildman–Crippen MR) is 70.0 cm³/mol. The first-order valence-corrected chi connectivity index (χ1v) is 6.77. The predicted octanol–water partition coefficient (Wildman–Crippen LogP) is 3.14. The third kappa shape index (κ3) is 4.25. The molecular formula is C13H20ClN3. The van der Waals surface area contributed by atoms with Gasteiger partial charge in [-0.25, -0.2) is 4.98 Å². The fourth-order valence-electron chi connectivity index (χ4n) is 2.57. The van der Waals surface area contributed by atoms with Gasteiger partial charge in [0.05, 0.1) is 18.1 Å². The van der Waals surface area contributed by atoms with Gasteiger partial charge >= 0.3 is 0 Å². The maximum absolute atomic E-state index is 5.72. The summed E-state index contributed by atoms with van der Waals surface area (Å²) in [5.41, 5.74) is 0.993. The summed E-state index contributed by atoms with van der Waals surface area (Å²) in [4.78, 5) is 10.7. The number of hydrogen-bond donors (Lipinski definition) is 0. The Morgan fingerprint density at radius 2 is 2.00 bits per heavy atom. The fraction of sp³-hybridized carbons (Fsp3) is 0.692. The molecule has 1 fully saturated rings. The first-order chi connectivity index (χ1) is 8.24. The standard InChI is InChI=1S/C13H20ClN3/c1-17(9-11-5-3-2-4-6-11)10-12-7-16-13(14)8-15-12/h7-8,11H,2-6,9-10H2,1H3. The average Bonchev–Trinajstić information content (AvgIpc) is 2.33. The second-order valence-corrected chi connectivity index (χ2v) is 5.42. The van der Waals surface area contributed by atoms with Crippen molar-refractivity contribution in [1.82, 2.24) is 14.9 Å². The second-order valence-electron chi connectivity index (χ2n) is 5.03. The third-order valence-electron chi connectivity index (χ3n) is 3.40. The number of aromatic nitrogens is 2. The van der Waals surface area contributed by atoms with Crippen LogP contribution in [0.25, 0.3) is 0 Å². The van der Waals surface area contributed by atoms with Crippen molar-refractivity contribution in [2.24, 2.45) is 5.92 Å². The van der Waals surface area contributed by atoms with Gasteiger partial charge < -0.3 is 4.90 Å². The molecule has 2 rings (SSSR count). The summed E-state index contributed by atoms with van der Waals surface area (Å²) >= 11 is 5.72. The molecule has 1 aliphatic carbocycles. The van der Waals surface area contributed by atoms with E-state index in [-0.39, 0.29) is 0 Å². The SMILES string of the molecule is CN(Cc1cnc(Cl)cn1)CC1CCCCC1. The Labute approximate surface area is 108 Å². The Morgan fingerprint density at radius 1 is 1.24 bits per heavy atom. The highest BCUT2D eigenvalue weighted by atomic mass is 35.5. The first kappa shape index (κ1) is 12.8.